The first-order valence-corrected chi connectivity index (χ1v) is 7.64. The molecular weight excluding hydrogens is 242 g/mol. The Bertz CT molecular complexity index is 427. The third-order valence-electron chi connectivity index (χ3n) is 3.50. The number of carbonyl (C=O) groups is 1. The molecule has 98 valence electrons. The first kappa shape index (κ1) is 13.6. The standard InChI is InChI=1S/C15H21NOS/c1-10-6-11(2)13(12(3)7-10)8-15(17)14-9-18-5-4-16-14/h6-7,14,16H,4-5,8-9H2,1-3H3. The van der Waals surface area contributed by atoms with Crippen LogP contribution in [-0.2, 0) is 11.2 Å². The monoisotopic (exact) mass is 263 g/mol. The van der Waals surface area contributed by atoms with Crippen molar-refractivity contribution >= 4 is 17.5 Å². The Morgan fingerprint density at radius 3 is 2.56 bits per heavy atom. The van der Waals surface area contributed by atoms with Crippen molar-refractivity contribution in [2.75, 3.05) is 18.1 Å². The van der Waals surface area contributed by atoms with Crippen molar-refractivity contribution in [3.8, 4) is 0 Å². The van der Waals surface area contributed by atoms with Gasteiger partial charge in [-0.3, -0.25) is 4.79 Å². The van der Waals surface area contributed by atoms with Crippen molar-refractivity contribution in [3.05, 3.63) is 34.4 Å². The van der Waals surface area contributed by atoms with E-state index in [1.54, 1.807) is 0 Å². The SMILES string of the molecule is Cc1cc(C)c(CC(=O)C2CSCCN2)c(C)c1. The summed E-state index contributed by atoms with van der Waals surface area (Å²) in [5.41, 5.74) is 4.96. The Morgan fingerprint density at radius 1 is 1.33 bits per heavy atom. The summed E-state index contributed by atoms with van der Waals surface area (Å²) in [6.45, 7) is 7.26. The fraction of sp³-hybridized carbons (Fsp3) is 0.533. The Labute approximate surface area is 114 Å². The van der Waals surface area contributed by atoms with Gasteiger partial charge in [0.25, 0.3) is 0 Å². The predicted molar refractivity (Wildman–Crippen MR) is 78.5 cm³/mol. The molecule has 0 aromatic heterocycles. The summed E-state index contributed by atoms with van der Waals surface area (Å²) in [5, 5.41) is 3.32. The molecule has 1 saturated heterocycles. The summed E-state index contributed by atoms with van der Waals surface area (Å²) in [7, 11) is 0. The maximum absolute atomic E-state index is 12.3. The molecule has 0 radical (unpaired) electrons. The van der Waals surface area contributed by atoms with Crippen molar-refractivity contribution in [1.82, 2.24) is 5.32 Å². The fourth-order valence-corrected chi connectivity index (χ4v) is 3.53. The number of aryl methyl sites for hydroxylation is 3. The molecule has 0 amide bonds. The lowest BCUT2D eigenvalue weighted by Gasteiger charge is -2.22. The lowest BCUT2D eigenvalue weighted by Crippen LogP contribution is -2.44. The van der Waals surface area contributed by atoms with Gasteiger partial charge in [0, 0.05) is 24.5 Å². The van der Waals surface area contributed by atoms with Crippen LogP contribution in [0.5, 0.6) is 0 Å². The van der Waals surface area contributed by atoms with E-state index in [4.69, 9.17) is 0 Å². The number of nitrogens with one attached hydrogen (secondary N) is 1. The molecule has 1 unspecified atom stereocenters. The van der Waals surface area contributed by atoms with Crippen LogP contribution >= 0.6 is 11.8 Å². The van der Waals surface area contributed by atoms with E-state index in [1.807, 2.05) is 11.8 Å². The molecule has 1 N–H and O–H groups in total. The zero-order valence-corrected chi connectivity index (χ0v) is 12.2. The lowest BCUT2D eigenvalue weighted by molar-refractivity contribution is -0.119. The zero-order chi connectivity index (χ0) is 13.1. The van der Waals surface area contributed by atoms with Crippen LogP contribution in [0, 0.1) is 20.8 Å². The van der Waals surface area contributed by atoms with E-state index in [0.29, 0.717) is 12.2 Å². The number of thioether (sulfide) groups is 1. The van der Waals surface area contributed by atoms with Crippen LogP contribution in [0.1, 0.15) is 22.3 Å². The van der Waals surface area contributed by atoms with Crippen molar-refractivity contribution in [3.63, 3.8) is 0 Å². The average Bonchev–Trinajstić information content (AvgIpc) is 2.34. The summed E-state index contributed by atoms with van der Waals surface area (Å²) < 4.78 is 0. The second-order valence-electron chi connectivity index (χ2n) is 5.10. The van der Waals surface area contributed by atoms with Gasteiger partial charge in [-0.2, -0.15) is 11.8 Å². The van der Waals surface area contributed by atoms with Gasteiger partial charge in [0.1, 0.15) is 0 Å². The number of ketones is 1. The third kappa shape index (κ3) is 3.15. The Morgan fingerprint density at radius 2 is 2.00 bits per heavy atom. The second kappa shape index (κ2) is 5.89. The van der Waals surface area contributed by atoms with Crippen molar-refractivity contribution < 1.29 is 4.79 Å². The number of hydrogen-bond acceptors (Lipinski definition) is 3. The molecule has 18 heavy (non-hydrogen) atoms. The summed E-state index contributed by atoms with van der Waals surface area (Å²) in [4.78, 5) is 12.3. The summed E-state index contributed by atoms with van der Waals surface area (Å²) >= 11 is 1.87. The van der Waals surface area contributed by atoms with Crippen molar-refractivity contribution in [1.29, 1.82) is 0 Å². The van der Waals surface area contributed by atoms with Gasteiger partial charge < -0.3 is 5.32 Å². The molecule has 2 rings (SSSR count). The fourth-order valence-electron chi connectivity index (χ4n) is 2.56. The Hall–Kier alpha value is -0.800. The first-order chi connectivity index (χ1) is 8.58. The quantitative estimate of drug-likeness (QED) is 0.908. The molecule has 1 fully saturated rings. The highest BCUT2D eigenvalue weighted by atomic mass is 32.2. The molecule has 0 bridgehead atoms. The molecule has 1 heterocycles. The Kier molecular flexibility index (Phi) is 4.46. The lowest BCUT2D eigenvalue weighted by atomic mass is 9.94. The molecule has 1 aromatic rings. The molecule has 2 nitrogen and oxygen atoms in total. The van der Waals surface area contributed by atoms with Gasteiger partial charge in [-0.05, 0) is 37.5 Å². The topological polar surface area (TPSA) is 29.1 Å². The number of benzene rings is 1. The summed E-state index contributed by atoms with van der Waals surface area (Å²) in [6, 6.07) is 4.38. The van der Waals surface area contributed by atoms with E-state index in [1.165, 1.54) is 22.3 Å². The van der Waals surface area contributed by atoms with Crippen LogP contribution in [0.25, 0.3) is 0 Å². The highest BCUT2D eigenvalue weighted by Crippen LogP contribution is 2.19. The van der Waals surface area contributed by atoms with Gasteiger partial charge in [0.05, 0.1) is 6.04 Å². The van der Waals surface area contributed by atoms with E-state index in [2.05, 4.69) is 38.2 Å². The van der Waals surface area contributed by atoms with Crippen molar-refractivity contribution in [2.45, 2.75) is 33.2 Å². The average molecular weight is 263 g/mol. The smallest absolute Gasteiger partial charge is 0.154 e. The normalized spacial score (nSPS) is 19.8. The summed E-state index contributed by atoms with van der Waals surface area (Å²) in [5.74, 6) is 2.37. The molecule has 0 spiro atoms. The zero-order valence-electron chi connectivity index (χ0n) is 11.4. The minimum atomic E-state index is 0.0452. The largest absolute Gasteiger partial charge is 0.306 e. The number of Topliss-reactive ketones (excluding diaryl/α,β-unsaturated/α-hetero) is 1. The van der Waals surface area contributed by atoms with Crippen LogP contribution in [0.3, 0.4) is 0 Å². The van der Waals surface area contributed by atoms with Crippen LogP contribution in [0.2, 0.25) is 0 Å². The first-order valence-electron chi connectivity index (χ1n) is 6.48. The maximum atomic E-state index is 12.3. The van der Waals surface area contributed by atoms with Gasteiger partial charge in [-0.1, -0.05) is 17.7 Å². The molecular formula is C15H21NOS. The highest BCUT2D eigenvalue weighted by Gasteiger charge is 2.21. The molecule has 1 aliphatic heterocycles. The second-order valence-corrected chi connectivity index (χ2v) is 6.25. The number of carbonyl (C=O) groups excluding carboxylic acids is 1. The molecule has 0 aliphatic carbocycles. The molecule has 3 heteroatoms. The van der Waals surface area contributed by atoms with Crippen LogP contribution in [-0.4, -0.2) is 29.9 Å². The van der Waals surface area contributed by atoms with Gasteiger partial charge in [-0.15, -0.1) is 0 Å². The van der Waals surface area contributed by atoms with E-state index < -0.39 is 0 Å². The van der Waals surface area contributed by atoms with Gasteiger partial charge in [-0.25, -0.2) is 0 Å². The predicted octanol–water partition coefficient (Wildman–Crippen LogP) is 2.43. The third-order valence-corrected chi connectivity index (χ3v) is 4.56. The molecule has 1 aliphatic rings. The van der Waals surface area contributed by atoms with E-state index in [-0.39, 0.29) is 6.04 Å². The summed E-state index contributed by atoms with van der Waals surface area (Å²) in [6.07, 6.45) is 0.566. The molecule has 0 saturated carbocycles. The Balaban J connectivity index is 2.11. The van der Waals surface area contributed by atoms with Crippen molar-refractivity contribution in [2.24, 2.45) is 0 Å². The molecule has 1 atom stereocenters. The van der Waals surface area contributed by atoms with Crippen LogP contribution in [0.4, 0.5) is 0 Å². The van der Waals surface area contributed by atoms with Gasteiger partial charge in [0.15, 0.2) is 5.78 Å². The molecule has 1 aromatic carbocycles. The minimum Gasteiger partial charge on any atom is -0.306 e. The van der Waals surface area contributed by atoms with Crippen LogP contribution < -0.4 is 5.32 Å². The van der Waals surface area contributed by atoms with E-state index >= 15 is 0 Å². The van der Waals surface area contributed by atoms with E-state index in [9.17, 15) is 4.79 Å². The highest BCUT2D eigenvalue weighted by molar-refractivity contribution is 7.99. The van der Waals surface area contributed by atoms with Crippen LogP contribution in [0.15, 0.2) is 12.1 Å². The van der Waals surface area contributed by atoms with E-state index in [0.717, 1.165) is 18.1 Å². The van der Waals surface area contributed by atoms with Gasteiger partial charge >= 0.3 is 0 Å². The minimum absolute atomic E-state index is 0.0452. The number of rotatable bonds is 3. The van der Waals surface area contributed by atoms with Gasteiger partial charge in [0.2, 0.25) is 0 Å². The maximum Gasteiger partial charge on any atom is 0.154 e. The number of hydrogen-bond donors (Lipinski definition) is 1.